The van der Waals surface area contributed by atoms with E-state index in [-0.39, 0.29) is 0 Å². The third kappa shape index (κ3) is 7.81. The number of anilines is 6. The third-order valence-corrected chi connectivity index (χ3v) is 16.2. The van der Waals surface area contributed by atoms with E-state index in [0.29, 0.717) is 0 Å². The molecule has 0 N–H and O–H groups in total. The van der Waals surface area contributed by atoms with E-state index in [1.54, 1.807) is 0 Å². The van der Waals surface area contributed by atoms with E-state index < -0.39 is 14.5 Å². The Morgan fingerprint density at radius 2 is 0.705 bits per heavy atom. The number of fused-ring (bicyclic) bond motifs is 2. The molecule has 0 fully saturated rings. The van der Waals surface area contributed by atoms with Crippen molar-refractivity contribution in [3.8, 4) is 22.3 Å². The highest BCUT2D eigenvalue weighted by atomic mass is 28.3. The van der Waals surface area contributed by atoms with Crippen LogP contribution in [-0.4, -0.2) is 37.7 Å². The van der Waals surface area contributed by atoms with Crippen molar-refractivity contribution >= 4 is 92.5 Å². The van der Waals surface area contributed by atoms with Crippen molar-refractivity contribution in [3.63, 3.8) is 0 Å². The molecule has 9 aromatic rings. The Balaban J connectivity index is 0.00000114. The summed E-state index contributed by atoms with van der Waals surface area (Å²) in [5, 5.41) is 5.45. The predicted molar refractivity (Wildman–Crippen MR) is 267 cm³/mol. The quantitative estimate of drug-likeness (QED) is 0.142. The van der Waals surface area contributed by atoms with Crippen LogP contribution < -0.4 is 30.5 Å². The van der Waals surface area contributed by atoms with Gasteiger partial charge in [0, 0.05) is 63.7 Å². The van der Waals surface area contributed by atoms with Gasteiger partial charge in [-0.15, -0.1) is 0 Å². The van der Waals surface area contributed by atoms with E-state index in [2.05, 4.69) is 276 Å². The zero-order valence-electron chi connectivity index (χ0n) is 33.8. The lowest BCUT2D eigenvalue weighted by Crippen LogP contribution is -2.77. The maximum atomic E-state index is 4.67. The Labute approximate surface area is 365 Å². The van der Waals surface area contributed by atoms with Crippen LogP contribution in [0.15, 0.2) is 243 Å². The van der Waals surface area contributed by atoms with Crippen molar-refractivity contribution in [3.05, 3.63) is 243 Å². The molecule has 6 radical (unpaired) electrons. The molecule has 9 aromatic carbocycles. The molecule has 0 bridgehead atoms. The van der Waals surface area contributed by atoms with Crippen LogP contribution in [0.3, 0.4) is 0 Å². The minimum Gasteiger partial charge on any atom is -0.311 e. The summed E-state index contributed by atoms with van der Waals surface area (Å²) in [4.78, 5) is 4.89. The SMILES string of the molecule is [B]B([B])[B].c1ccc(-c2ccc(N(c3ccc(-c4ccccc4)cc3)c3ccc4c(c3)[Si](c3ccccc3)(c3ccccc3)c3ccccc3N4c3ccccc3)cc2)cc1. The summed E-state index contributed by atoms with van der Waals surface area (Å²) in [6, 6.07) is 88.9. The molecule has 0 atom stereocenters. The van der Waals surface area contributed by atoms with E-state index >= 15 is 0 Å². The Morgan fingerprint density at radius 3 is 1.18 bits per heavy atom. The molecular formula is C54H40B4N2Si. The van der Waals surface area contributed by atoms with E-state index in [0.717, 1.165) is 22.7 Å². The minimum atomic E-state index is -2.90. The number of para-hydroxylation sites is 2. The van der Waals surface area contributed by atoms with Crippen LogP contribution in [0.5, 0.6) is 0 Å². The van der Waals surface area contributed by atoms with Gasteiger partial charge in [-0.3, -0.25) is 0 Å². The summed E-state index contributed by atoms with van der Waals surface area (Å²) in [6.07, 6.45) is -0.667. The Kier molecular flexibility index (Phi) is 11.5. The fraction of sp³-hybridized carbons (Fsp3) is 0. The van der Waals surface area contributed by atoms with Crippen LogP contribution in [-0.2, 0) is 0 Å². The predicted octanol–water partition coefficient (Wildman–Crippen LogP) is 10.1. The van der Waals surface area contributed by atoms with Gasteiger partial charge in [0.15, 0.2) is 8.07 Å². The molecule has 1 aliphatic heterocycles. The summed E-state index contributed by atoms with van der Waals surface area (Å²) < 4.78 is 0. The van der Waals surface area contributed by atoms with Gasteiger partial charge >= 0.3 is 0 Å². The molecule has 0 aromatic heterocycles. The van der Waals surface area contributed by atoms with Gasteiger partial charge in [-0.1, -0.05) is 182 Å². The summed E-state index contributed by atoms with van der Waals surface area (Å²) in [6.45, 7) is 0. The lowest BCUT2D eigenvalue weighted by atomic mass is 9.08. The van der Waals surface area contributed by atoms with Crippen molar-refractivity contribution in [2.45, 2.75) is 0 Å². The second kappa shape index (κ2) is 17.7. The van der Waals surface area contributed by atoms with Crippen LogP contribution in [0.2, 0.25) is 0 Å². The van der Waals surface area contributed by atoms with E-state index in [4.69, 9.17) is 0 Å². The maximum Gasteiger partial charge on any atom is 0.184 e. The number of hydrogen-bond donors (Lipinski definition) is 0. The van der Waals surface area contributed by atoms with Gasteiger partial charge in [-0.05, 0) is 104 Å². The number of rotatable bonds is 8. The van der Waals surface area contributed by atoms with Crippen LogP contribution in [0.25, 0.3) is 22.3 Å². The summed E-state index contributed by atoms with van der Waals surface area (Å²) >= 11 is 0. The molecule has 2 nitrogen and oxygen atoms in total. The Hall–Kier alpha value is -6.94. The number of benzene rings is 9. The lowest BCUT2D eigenvalue weighted by molar-refractivity contribution is 1.26. The van der Waals surface area contributed by atoms with E-state index in [1.807, 2.05) is 0 Å². The second-order valence-corrected chi connectivity index (χ2v) is 18.8. The molecule has 10 rings (SSSR count). The molecule has 0 unspecified atom stereocenters. The van der Waals surface area contributed by atoms with Gasteiger partial charge in [0.2, 0.25) is 0 Å². The van der Waals surface area contributed by atoms with Crippen molar-refractivity contribution in [1.82, 2.24) is 0 Å². The molecule has 1 heterocycles. The zero-order valence-corrected chi connectivity index (χ0v) is 34.8. The first-order valence-corrected chi connectivity index (χ1v) is 22.6. The molecule has 0 amide bonds. The van der Waals surface area contributed by atoms with Gasteiger partial charge in [0.05, 0.1) is 0 Å². The summed E-state index contributed by atoms with van der Waals surface area (Å²) in [7, 11) is 11.1. The summed E-state index contributed by atoms with van der Waals surface area (Å²) in [5.41, 5.74) is 11.7. The molecular weight excluding hydrogens is 748 g/mol. The molecule has 282 valence electrons. The largest absolute Gasteiger partial charge is 0.311 e. The first kappa shape index (κ1) is 39.5. The molecule has 0 saturated heterocycles. The maximum absolute atomic E-state index is 4.67. The highest BCUT2D eigenvalue weighted by molar-refractivity contribution is 7.49. The van der Waals surface area contributed by atoms with Gasteiger partial charge < -0.3 is 9.80 Å². The fourth-order valence-corrected chi connectivity index (χ4v) is 13.9. The summed E-state index contributed by atoms with van der Waals surface area (Å²) in [5.74, 6) is 0. The van der Waals surface area contributed by atoms with Crippen molar-refractivity contribution in [2.24, 2.45) is 0 Å². The van der Waals surface area contributed by atoms with Crippen LogP contribution >= 0.6 is 0 Å². The smallest absolute Gasteiger partial charge is 0.184 e. The van der Waals surface area contributed by atoms with Gasteiger partial charge in [0.25, 0.3) is 0 Å². The topological polar surface area (TPSA) is 6.48 Å². The van der Waals surface area contributed by atoms with Crippen LogP contribution in [0, 0.1) is 0 Å². The van der Waals surface area contributed by atoms with Crippen LogP contribution in [0.4, 0.5) is 34.1 Å². The van der Waals surface area contributed by atoms with Crippen molar-refractivity contribution in [1.29, 1.82) is 0 Å². The fourth-order valence-electron chi connectivity index (χ4n) is 8.75. The molecule has 61 heavy (non-hydrogen) atoms. The van der Waals surface area contributed by atoms with Gasteiger partial charge in [-0.2, -0.15) is 0 Å². The zero-order chi connectivity index (χ0) is 41.6. The van der Waals surface area contributed by atoms with Gasteiger partial charge in [-0.25, -0.2) is 0 Å². The first-order chi connectivity index (χ1) is 30.0. The standard InChI is InChI=1S/C54H40N2Si.B4/c1-6-18-41(19-7-1)43-30-34-46(35-31-43)55(47-36-32-44(33-37-47)42-20-8-2-9-21-42)48-38-39-52-54(40-48)57(49-24-12-4-13-25-49,50-26-14-5-15-27-50)53-29-17-16-28-51(53)56(52)45-22-10-3-11-23-45;1-4(2)3/h1-40H;. The molecule has 0 saturated carbocycles. The normalized spacial score (nSPS) is 12.2. The van der Waals surface area contributed by atoms with E-state index in [9.17, 15) is 0 Å². The molecule has 0 aliphatic carbocycles. The molecule has 7 heteroatoms. The highest BCUT2D eigenvalue weighted by Crippen LogP contribution is 2.42. The third-order valence-electron chi connectivity index (χ3n) is 11.3. The van der Waals surface area contributed by atoms with Crippen molar-refractivity contribution in [2.75, 3.05) is 9.80 Å². The second-order valence-electron chi connectivity index (χ2n) is 15.1. The average molecular weight is 788 g/mol. The number of hydrogen-bond acceptors (Lipinski definition) is 2. The molecule has 1 aliphatic rings. The highest BCUT2D eigenvalue weighted by Gasteiger charge is 2.49. The van der Waals surface area contributed by atoms with Crippen molar-refractivity contribution < 1.29 is 0 Å². The Morgan fingerprint density at radius 1 is 0.344 bits per heavy atom. The Bertz CT molecular complexity index is 2700. The van der Waals surface area contributed by atoms with Crippen LogP contribution in [0.1, 0.15) is 0 Å². The first-order valence-electron chi connectivity index (χ1n) is 20.6. The average Bonchev–Trinajstić information content (AvgIpc) is 3.32. The minimum absolute atomic E-state index is 0.667. The number of nitrogens with zero attached hydrogens (tertiary/aromatic N) is 2. The lowest BCUT2D eigenvalue weighted by Gasteiger charge is -2.45. The molecule has 0 spiro atoms. The van der Waals surface area contributed by atoms with Gasteiger partial charge in [0.1, 0.15) is 0 Å². The monoisotopic (exact) mass is 788 g/mol. The van der Waals surface area contributed by atoms with E-state index in [1.165, 1.54) is 54.4 Å².